The first-order valence-corrected chi connectivity index (χ1v) is 20.1. The Hall–Kier alpha value is -7.49. The molecule has 1 aliphatic rings. The second-order valence-electron chi connectivity index (χ2n) is 15.3. The van der Waals surface area contributed by atoms with Crippen LogP contribution in [0.25, 0.3) is 93.3 Å². The van der Waals surface area contributed by atoms with Crippen LogP contribution >= 0.6 is 0 Å². The fraction of sp³-hybridized carbons (Fsp3) is 0.0364. The molecule has 272 valence electrons. The van der Waals surface area contributed by atoms with Crippen LogP contribution in [0.3, 0.4) is 0 Å². The molecule has 0 bridgehead atoms. The molecule has 58 heavy (non-hydrogen) atoms. The number of nitrogens with zero attached hydrogens (tertiary/aromatic N) is 2. The molecule has 11 aromatic rings. The first kappa shape index (κ1) is 32.7. The highest BCUT2D eigenvalue weighted by Crippen LogP contribution is 2.44. The molecule has 0 aliphatic heterocycles. The van der Waals surface area contributed by atoms with Crippen molar-refractivity contribution in [2.24, 2.45) is 0 Å². The second kappa shape index (κ2) is 13.0. The van der Waals surface area contributed by atoms with E-state index in [-0.39, 0.29) is 0 Å². The Morgan fingerprint density at radius 3 is 1.53 bits per heavy atom. The summed E-state index contributed by atoms with van der Waals surface area (Å²) in [7, 11) is 0. The monoisotopic (exact) mass is 740 g/mol. The molecule has 3 heteroatoms. The number of rotatable bonds is 5. The minimum Gasteiger partial charge on any atom is -0.423 e. The van der Waals surface area contributed by atoms with Crippen molar-refractivity contribution in [3.63, 3.8) is 0 Å². The molecule has 0 unspecified atom stereocenters. The topological polar surface area (TPSA) is 29.3 Å². The van der Waals surface area contributed by atoms with Crippen LogP contribution in [0, 0.1) is 0 Å². The molecule has 0 atom stereocenters. The molecule has 0 N–H and O–H groups in total. The highest BCUT2D eigenvalue weighted by molar-refractivity contribution is 6.28. The number of aryl methyl sites for hydroxylation is 1. The Morgan fingerprint density at radius 2 is 0.914 bits per heavy atom. The maximum Gasteiger partial charge on any atom is 0.307 e. The maximum absolute atomic E-state index is 6.48. The van der Waals surface area contributed by atoms with Gasteiger partial charge in [-0.15, -0.1) is 0 Å². The maximum atomic E-state index is 6.48. The van der Waals surface area contributed by atoms with Gasteiger partial charge in [0.15, 0.2) is 5.58 Å². The van der Waals surface area contributed by atoms with Crippen LogP contribution in [-0.2, 0) is 6.42 Å². The summed E-state index contributed by atoms with van der Waals surface area (Å²) in [5.41, 5.74) is 11.1. The summed E-state index contributed by atoms with van der Waals surface area (Å²) in [6, 6.07) is 66.1. The minimum absolute atomic E-state index is 0.528. The van der Waals surface area contributed by atoms with Crippen molar-refractivity contribution < 1.29 is 4.42 Å². The van der Waals surface area contributed by atoms with E-state index >= 15 is 0 Å². The van der Waals surface area contributed by atoms with Crippen molar-refractivity contribution in [2.45, 2.75) is 12.8 Å². The fourth-order valence-electron chi connectivity index (χ4n) is 9.57. The predicted octanol–water partition coefficient (Wildman–Crippen LogP) is 15.4. The van der Waals surface area contributed by atoms with Crippen molar-refractivity contribution in [1.29, 1.82) is 0 Å². The van der Waals surface area contributed by atoms with Gasteiger partial charge in [0.25, 0.3) is 0 Å². The molecule has 1 aromatic heterocycles. The van der Waals surface area contributed by atoms with Crippen LogP contribution in [0.5, 0.6) is 0 Å². The zero-order chi connectivity index (χ0) is 38.2. The number of benzene rings is 10. The van der Waals surface area contributed by atoms with E-state index < -0.39 is 0 Å². The molecule has 1 heterocycles. The normalized spacial score (nSPS) is 12.6. The number of aromatic nitrogens is 1. The van der Waals surface area contributed by atoms with Gasteiger partial charge >= 0.3 is 6.01 Å². The number of hydrogen-bond donors (Lipinski definition) is 0. The average Bonchev–Trinajstić information content (AvgIpc) is 3.73. The van der Waals surface area contributed by atoms with E-state index in [9.17, 15) is 0 Å². The Balaban J connectivity index is 0.994. The molecule has 0 amide bonds. The van der Waals surface area contributed by atoms with Crippen molar-refractivity contribution in [2.75, 3.05) is 4.90 Å². The van der Waals surface area contributed by atoms with E-state index in [0.29, 0.717) is 6.01 Å². The van der Waals surface area contributed by atoms with Crippen molar-refractivity contribution in [3.8, 4) is 22.3 Å². The van der Waals surface area contributed by atoms with Gasteiger partial charge in [0.1, 0.15) is 5.52 Å². The molecular weight excluding hydrogens is 705 g/mol. The summed E-state index contributed by atoms with van der Waals surface area (Å²) < 4.78 is 6.48. The van der Waals surface area contributed by atoms with Gasteiger partial charge in [0, 0.05) is 0 Å². The van der Waals surface area contributed by atoms with E-state index in [1.807, 2.05) is 24.3 Å². The van der Waals surface area contributed by atoms with Gasteiger partial charge in [-0.25, -0.2) is 0 Å². The third-order valence-electron chi connectivity index (χ3n) is 12.2. The van der Waals surface area contributed by atoms with Gasteiger partial charge in [0.2, 0.25) is 0 Å². The molecule has 1 aliphatic carbocycles. The Bertz CT molecular complexity index is 3370. The molecule has 3 nitrogen and oxygen atoms in total. The van der Waals surface area contributed by atoms with Gasteiger partial charge in [-0.3, -0.25) is 4.90 Å². The summed E-state index contributed by atoms with van der Waals surface area (Å²) in [4.78, 5) is 7.13. The van der Waals surface area contributed by atoms with Crippen LogP contribution in [0.1, 0.15) is 17.5 Å². The Labute approximate surface area is 335 Å². The second-order valence-corrected chi connectivity index (χ2v) is 15.3. The summed E-state index contributed by atoms with van der Waals surface area (Å²) in [5, 5.41) is 12.9. The molecule has 0 radical (unpaired) electrons. The zero-order valence-corrected chi connectivity index (χ0v) is 31.7. The molecule has 12 rings (SSSR count). The minimum atomic E-state index is 0.528. The average molecular weight is 741 g/mol. The third-order valence-corrected chi connectivity index (χ3v) is 12.2. The van der Waals surface area contributed by atoms with E-state index in [0.717, 1.165) is 40.9 Å². The smallest absolute Gasteiger partial charge is 0.307 e. The van der Waals surface area contributed by atoms with Gasteiger partial charge in [0.05, 0.1) is 11.4 Å². The standard InChI is InChI=1S/C55H36N2O/c1-3-15-45-41(13-1)43-17-5-7-19-47(43)53-39(21-11-23-49(45)53)35-27-31-37(32-28-35)57(55-56-51-25-9-10-26-52(51)58-55)38-33-29-36(30-34-38)40-22-12-24-50-46-16-4-2-14-42(46)44-18-6-8-20-48(44)54(40)50/h1-3,5-15,17-34H,4,16H2. The number of fused-ring (bicyclic) bond motifs is 13. The summed E-state index contributed by atoms with van der Waals surface area (Å²) >= 11 is 0. The van der Waals surface area contributed by atoms with Crippen LogP contribution < -0.4 is 4.90 Å². The lowest BCUT2D eigenvalue weighted by Crippen LogP contribution is -2.10. The van der Waals surface area contributed by atoms with Crippen LogP contribution in [-0.4, -0.2) is 4.98 Å². The van der Waals surface area contributed by atoms with E-state index in [4.69, 9.17) is 9.40 Å². The van der Waals surface area contributed by atoms with E-state index in [2.05, 4.69) is 175 Å². The Morgan fingerprint density at radius 1 is 0.431 bits per heavy atom. The largest absolute Gasteiger partial charge is 0.423 e. The number of para-hydroxylation sites is 2. The molecule has 0 spiro atoms. The van der Waals surface area contributed by atoms with Crippen LogP contribution in [0.4, 0.5) is 17.4 Å². The third kappa shape index (κ3) is 5.03. The SMILES string of the molecule is C1=Cc2c(c3cccc(-c4ccc(N(c5ccc(-c6cccc7c8ccccc8c8ccccc8c67)cc5)c5nc6ccccc6o5)cc4)c3c3ccccc23)CC1. The summed E-state index contributed by atoms with van der Waals surface area (Å²) in [5.74, 6) is 0. The van der Waals surface area contributed by atoms with Crippen LogP contribution in [0.15, 0.2) is 192 Å². The van der Waals surface area contributed by atoms with Gasteiger partial charge in [-0.2, -0.15) is 4.98 Å². The van der Waals surface area contributed by atoms with Gasteiger partial charge in [-0.1, -0.05) is 158 Å². The van der Waals surface area contributed by atoms with E-state index in [1.54, 1.807) is 0 Å². The molecule has 0 saturated heterocycles. The summed E-state index contributed by atoms with van der Waals surface area (Å²) in [6.07, 6.45) is 6.76. The van der Waals surface area contributed by atoms with Gasteiger partial charge < -0.3 is 4.42 Å². The number of allylic oxidation sites excluding steroid dienone is 1. The lowest BCUT2D eigenvalue weighted by atomic mass is 9.84. The van der Waals surface area contributed by atoms with Crippen molar-refractivity contribution in [1.82, 2.24) is 4.98 Å². The van der Waals surface area contributed by atoms with Crippen LogP contribution in [0.2, 0.25) is 0 Å². The first-order chi connectivity index (χ1) is 28.8. The molecular formula is C55H36N2O. The van der Waals surface area contributed by atoms with Crippen molar-refractivity contribution >= 4 is 88.4 Å². The molecule has 0 fully saturated rings. The molecule has 0 saturated carbocycles. The predicted molar refractivity (Wildman–Crippen MR) is 244 cm³/mol. The lowest BCUT2D eigenvalue weighted by molar-refractivity contribution is 0.608. The fourth-order valence-corrected chi connectivity index (χ4v) is 9.57. The number of oxazole rings is 1. The highest BCUT2D eigenvalue weighted by atomic mass is 16.4. The number of anilines is 3. The number of hydrogen-bond acceptors (Lipinski definition) is 3. The quantitative estimate of drug-likeness (QED) is 0.165. The van der Waals surface area contributed by atoms with Crippen molar-refractivity contribution in [3.05, 3.63) is 199 Å². The van der Waals surface area contributed by atoms with Gasteiger partial charge in [-0.05, 0) is 136 Å². The van der Waals surface area contributed by atoms with E-state index in [1.165, 1.54) is 81.7 Å². The molecule has 10 aromatic carbocycles. The highest BCUT2D eigenvalue weighted by Gasteiger charge is 2.21. The zero-order valence-electron chi connectivity index (χ0n) is 31.7. The summed E-state index contributed by atoms with van der Waals surface area (Å²) in [6.45, 7) is 0. The first-order valence-electron chi connectivity index (χ1n) is 20.1. The lowest BCUT2D eigenvalue weighted by Gasteiger charge is -2.22. The Kier molecular flexibility index (Phi) is 7.36.